The zero-order chi connectivity index (χ0) is 13.2. The summed E-state index contributed by atoms with van der Waals surface area (Å²) in [5.41, 5.74) is 0.809. The molecule has 0 heterocycles. The number of hydrazine groups is 1. The average molecular weight is 257 g/mol. The van der Waals surface area contributed by atoms with Crippen molar-refractivity contribution in [3.8, 4) is 0 Å². The highest BCUT2D eigenvalue weighted by Gasteiger charge is 2.22. The average Bonchev–Trinajstić information content (AvgIpc) is 2.14. The number of amides is 1. The van der Waals surface area contributed by atoms with Crippen LogP contribution in [-0.4, -0.2) is 11.7 Å². The molecule has 0 aromatic heterocycles. The third kappa shape index (κ3) is 3.91. The molecule has 0 aliphatic carbocycles. The molecule has 0 bridgehead atoms. The first kappa shape index (κ1) is 13.8. The van der Waals surface area contributed by atoms with Crippen LogP contribution < -0.4 is 10.9 Å². The second kappa shape index (κ2) is 4.94. The minimum atomic E-state index is -0.595. The Labute approximate surface area is 106 Å². The van der Waals surface area contributed by atoms with Crippen molar-refractivity contribution < 1.29 is 9.53 Å². The van der Waals surface area contributed by atoms with E-state index in [0.29, 0.717) is 10.7 Å². The molecule has 17 heavy (non-hydrogen) atoms. The van der Waals surface area contributed by atoms with E-state index in [0.717, 1.165) is 10.6 Å². The molecule has 1 aromatic rings. The Bertz CT molecular complexity index is 427. The summed E-state index contributed by atoms with van der Waals surface area (Å²) in [7, 11) is 0. The fourth-order valence-electron chi connectivity index (χ4n) is 1.30. The number of carbonyl (C=O) groups excluding carboxylic acids is 1. The lowest BCUT2D eigenvalue weighted by Crippen LogP contribution is -2.42. The predicted molar refractivity (Wildman–Crippen MR) is 69.1 cm³/mol. The standard InChI is InChI=1S/C12H17ClN2O2/c1-8-7-9(13)5-6-10(8)15(14)11(16)17-12(2,3)4/h5-7H,14H2,1-4H3. The second-order valence-corrected chi connectivity index (χ2v) is 5.22. The Hall–Kier alpha value is -1.26. The van der Waals surface area contributed by atoms with E-state index in [-0.39, 0.29) is 0 Å². The quantitative estimate of drug-likeness (QED) is 0.477. The van der Waals surface area contributed by atoms with Gasteiger partial charge < -0.3 is 4.74 Å². The smallest absolute Gasteiger partial charge is 0.429 e. The molecule has 0 radical (unpaired) electrons. The number of hydrogen-bond acceptors (Lipinski definition) is 3. The van der Waals surface area contributed by atoms with Gasteiger partial charge in [-0.05, 0) is 51.5 Å². The highest BCUT2D eigenvalue weighted by atomic mass is 35.5. The molecule has 5 heteroatoms. The van der Waals surface area contributed by atoms with Crippen molar-refractivity contribution in [2.75, 3.05) is 5.01 Å². The first-order valence-corrected chi connectivity index (χ1v) is 5.62. The van der Waals surface area contributed by atoms with E-state index in [4.69, 9.17) is 22.2 Å². The highest BCUT2D eigenvalue weighted by Crippen LogP contribution is 2.23. The maximum Gasteiger partial charge on any atom is 0.429 e. The number of nitrogens with two attached hydrogens (primary N) is 1. The van der Waals surface area contributed by atoms with Gasteiger partial charge >= 0.3 is 6.09 Å². The van der Waals surface area contributed by atoms with Gasteiger partial charge in [0.1, 0.15) is 5.60 Å². The first-order valence-electron chi connectivity index (χ1n) is 5.24. The molecule has 0 aliphatic heterocycles. The van der Waals surface area contributed by atoms with Crippen LogP contribution in [-0.2, 0) is 4.74 Å². The van der Waals surface area contributed by atoms with Crippen LogP contribution in [0.4, 0.5) is 10.5 Å². The fourth-order valence-corrected chi connectivity index (χ4v) is 1.53. The van der Waals surface area contributed by atoms with Gasteiger partial charge in [-0.3, -0.25) is 0 Å². The summed E-state index contributed by atoms with van der Waals surface area (Å²) >= 11 is 5.83. The highest BCUT2D eigenvalue weighted by molar-refractivity contribution is 6.30. The van der Waals surface area contributed by atoms with Gasteiger partial charge in [0.05, 0.1) is 5.69 Å². The molecule has 0 atom stereocenters. The Morgan fingerprint density at radius 1 is 1.41 bits per heavy atom. The molecular formula is C12H17ClN2O2. The minimum Gasteiger partial charge on any atom is -0.442 e. The summed E-state index contributed by atoms with van der Waals surface area (Å²) in [6, 6.07) is 5.09. The zero-order valence-corrected chi connectivity index (χ0v) is 11.2. The number of nitrogens with zero attached hydrogens (tertiary/aromatic N) is 1. The van der Waals surface area contributed by atoms with E-state index in [9.17, 15) is 4.79 Å². The number of anilines is 1. The summed E-state index contributed by atoms with van der Waals surface area (Å²) in [6.07, 6.45) is -0.595. The number of carbonyl (C=O) groups is 1. The Kier molecular flexibility index (Phi) is 4.01. The molecule has 0 unspecified atom stereocenters. The van der Waals surface area contributed by atoms with Crippen LogP contribution in [0.25, 0.3) is 0 Å². The Balaban J connectivity index is 2.89. The van der Waals surface area contributed by atoms with Gasteiger partial charge in [0.25, 0.3) is 0 Å². The van der Waals surface area contributed by atoms with Gasteiger partial charge in [-0.15, -0.1) is 0 Å². The Morgan fingerprint density at radius 3 is 2.47 bits per heavy atom. The Morgan fingerprint density at radius 2 is 2.00 bits per heavy atom. The van der Waals surface area contributed by atoms with E-state index >= 15 is 0 Å². The molecule has 0 fully saturated rings. The fraction of sp³-hybridized carbons (Fsp3) is 0.417. The van der Waals surface area contributed by atoms with Crippen LogP contribution >= 0.6 is 11.6 Å². The van der Waals surface area contributed by atoms with Gasteiger partial charge in [0, 0.05) is 5.02 Å². The van der Waals surface area contributed by atoms with E-state index < -0.39 is 11.7 Å². The van der Waals surface area contributed by atoms with Crippen LogP contribution in [0.15, 0.2) is 18.2 Å². The van der Waals surface area contributed by atoms with Gasteiger partial charge in [0.15, 0.2) is 0 Å². The lowest BCUT2D eigenvalue weighted by atomic mass is 10.2. The van der Waals surface area contributed by atoms with Crippen molar-refractivity contribution in [2.24, 2.45) is 5.84 Å². The summed E-state index contributed by atoms with van der Waals surface area (Å²) < 4.78 is 5.17. The van der Waals surface area contributed by atoms with Crippen LogP contribution in [0.5, 0.6) is 0 Å². The van der Waals surface area contributed by atoms with E-state index in [1.54, 1.807) is 39.0 Å². The van der Waals surface area contributed by atoms with Crippen molar-refractivity contribution in [3.63, 3.8) is 0 Å². The number of ether oxygens (including phenoxy) is 1. The molecule has 2 N–H and O–H groups in total. The number of hydrogen-bond donors (Lipinski definition) is 1. The van der Waals surface area contributed by atoms with E-state index in [1.807, 2.05) is 6.92 Å². The van der Waals surface area contributed by atoms with Crippen molar-refractivity contribution in [1.29, 1.82) is 0 Å². The second-order valence-electron chi connectivity index (χ2n) is 4.78. The number of halogens is 1. The summed E-state index contributed by atoms with van der Waals surface area (Å²) in [4.78, 5) is 11.7. The van der Waals surface area contributed by atoms with E-state index in [2.05, 4.69) is 0 Å². The summed E-state index contributed by atoms with van der Waals surface area (Å²) in [6.45, 7) is 7.18. The summed E-state index contributed by atoms with van der Waals surface area (Å²) in [5.74, 6) is 5.71. The molecule has 0 saturated heterocycles. The van der Waals surface area contributed by atoms with Crippen molar-refractivity contribution in [1.82, 2.24) is 0 Å². The van der Waals surface area contributed by atoms with Crippen LogP contribution in [0.1, 0.15) is 26.3 Å². The molecule has 1 aromatic carbocycles. The normalized spacial score (nSPS) is 11.2. The van der Waals surface area contributed by atoms with Crippen LogP contribution in [0.3, 0.4) is 0 Å². The minimum absolute atomic E-state index is 0.573. The van der Waals surface area contributed by atoms with Crippen molar-refractivity contribution in [3.05, 3.63) is 28.8 Å². The van der Waals surface area contributed by atoms with Gasteiger partial charge in [0.2, 0.25) is 0 Å². The van der Waals surface area contributed by atoms with E-state index in [1.165, 1.54) is 0 Å². The maximum atomic E-state index is 11.7. The zero-order valence-electron chi connectivity index (χ0n) is 10.5. The van der Waals surface area contributed by atoms with Crippen LogP contribution in [0, 0.1) is 6.92 Å². The molecule has 4 nitrogen and oxygen atoms in total. The molecular weight excluding hydrogens is 240 g/mol. The first-order chi connectivity index (χ1) is 7.70. The summed E-state index contributed by atoms with van der Waals surface area (Å²) in [5, 5.41) is 1.58. The van der Waals surface area contributed by atoms with Gasteiger partial charge in [-0.25, -0.2) is 15.6 Å². The number of aryl methyl sites for hydroxylation is 1. The van der Waals surface area contributed by atoms with Crippen molar-refractivity contribution >= 4 is 23.4 Å². The molecule has 0 saturated carbocycles. The van der Waals surface area contributed by atoms with Gasteiger partial charge in [-0.2, -0.15) is 0 Å². The number of rotatable bonds is 1. The molecule has 94 valence electrons. The molecule has 1 rings (SSSR count). The van der Waals surface area contributed by atoms with Crippen molar-refractivity contribution in [2.45, 2.75) is 33.3 Å². The lowest BCUT2D eigenvalue weighted by molar-refractivity contribution is 0.0580. The van der Waals surface area contributed by atoms with Crippen LogP contribution in [0.2, 0.25) is 5.02 Å². The topological polar surface area (TPSA) is 55.6 Å². The predicted octanol–water partition coefficient (Wildman–Crippen LogP) is 3.26. The maximum absolute atomic E-state index is 11.7. The molecule has 0 spiro atoms. The van der Waals surface area contributed by atoms with Gasteiger partial charge in [-0.1, -0.05) is 11.6 Å². The molecule has 0 aliphatic rings. The third-order valence-electron chi connectivity index (χ3n) is 2.01. The monoisotopic (exact) mass is 256 g/mol. The number of benzene rings is 1. The lowest BCUT2D eigenvalue weighted by Gasteiger charge is -2.25. The largest absolute Gasteiger partial charge is 0.442 e. The molecule has 1 amide bonds. The SMILES string of the molecule is Cc1cc(Cl)ccc1N(N)C(=O)OC(C)(C)C. The third-order valence-corrected chi connectivity index (χ3v) is 2.24.